The van der Waals surface area contributed by atoms with Gasteiger partial charge in [0.05, 0.1) is 39.9 Å². The molecule has 1 aliphatic heterocycles. The molecule has 0 radical (unpaired) electrons. The number of methoxy groups -OCH3 is 3. The minimum atomic E-state index is -2.02. The van der Waals surface area contributed by atoms with Crippen LogP contribution in [0.1, 0.15) is 44.7 Å². The highest BCUT2D eigenvalue weighted by Crippen LogP contribution is 2.54. The van der Waals surface area contributed by atoms with Gasteiger partial charge in [-0.05, 0) is 24.3 Å². The fraction of sp³-hybridized carbons (Fsp3) is 0.324. The van der Waals surface area contributed by atoms with Crippen LogP contribution < -0.4 is 35.5 Å². The highest BCUT2D eigenvalue weighted by molar-refractivity contribution is 6.36. The van der Waals surface area contributed by atoms with E-state index in [0.29, 0.717) is 17.1 Å². The summed E-state index contributed by atoms with van der Waals surface area (Å²) < 4.78 is 30.9. The standard InChI is InChI=1S/C34H32ClN3O10/c1-16-11-22-26(31(41)34(16)32(42)27-21(45-5)14-23(46-6)28(35)30(27)48-34)20(29(47-22)17-7-9-19(44-4)10-8-17)13-24(39)36-15-18-12-25(40)38(3)33(43)37(18)2/h7-10,12,14,16H,11,13,15H2,1-6H3,(H,36,39). The molecule has 0 saturated carbocycles. The van der Waals surface area contributed by atoms with Gasteiger partial charge in [0.15, 0.2) is 5.75 Å². The summed E-state index contributed by atoms with van der Waals surface area (Å²) in [7, 11) is 7.16. The molecule has 1 spiro atoms. The third-order valence-electron chi connectivity index (χ3n) is 9.03. The number of Topliss-reactive ketones (excluding diaryl/α,β-unsaturated/α-hetero) is 2. The molecule has 14 heteroatoms. The Morgan fingerprint density at radius 2 is 1.62 bits per heavy atom. The van der Waals surface area contributed by atoms with E-state index in [1.165, 1.54) is 52.1 Å². The normalized spacial score (nSPS) is 17.9. The predicted octanol–water partition coefficient (Wildman–Crippen LogP) is 3.27. The fourth-order valence-corrected chi connectivity index (χ4v) is 6.60. The minimum Gasteiger partial charge on any atom is -0.497 e. The SMILES string of the molecule is COc1ccc(-c2oc3c(c2CC(=O)NCc2cc(=O)n(C)c(=O)n2C)C(=O)C2(Oc4c(Cl)c(OC)cc(OC)c4C2=O)C(C)C3)cc1. The third kappa shape index (κ3) is 4.88. The fourth-order valence-electron chi connectivity index (χ4n) is 6.34. The first kappa shape index (κ1) is 32.6. The first-order valence-corrected chi connectivity index (χ1v) is 15.3. The van der Waals surface area contributed by atoms with Gasteiger partial charge in [0.2, 0.25) is 23.1 Å². The Balaban J connectivity index is 1.43. The van der Waals surface area contributed by atoms with Crippen molar-refractivity contribution >= 4 is 29.1 Å². The molecule has 1 amide bonds. The topological polar surface area (TPSA) is 157 Å². The van der Waals surface area contributed by atoms with Crippen molar-refractivity contribution < 1.29 is 37.7 Å². The lowest BCUT2D eigenvalue weighted by Gasteiger charge is -2.35. The van der Waals surface area contributed by atoms with E-state index in [4.69, 9.17) is 35.0 Å². The number of fused-ring (bicyclic) bond motifs is 2. The Hall–Kier alpha value is -5.30. The van der Waals surface area contributed by atoms with Crippen LogP contribution in [0.25, 0.3) is 11.3 Å². The van der Waals surface area contributed by atoms with Gasteiger partial charge in [0.1, 0.15) is 39.4 Å². The minimum absolute atomic E-state index is 0.0141. The number of aromatic nitrogens is 2. The maximum absolute atomic E-state index is 14.7. The van der Waals surface area contributed by atoms with Gasteiger partial charge >= 0.3 is 5.69 Å². The van der Waals surface area contributed by atoms with Crippen LogP contribution in [0.3, 0.4) is 0 Å². The Labute approximate surface area is 278 Å². The molecule has 4 aromatic rings. The summed E-state index contributed by atoms with van der Waals surface area (Å²) in [6.45, 7) is 1.57. The van der Waals surface area contributed by atoms with Gasteiger partial charge in [0.25, 0.3) is 5.56 Å². The van der Waals surface area contributed by atoms with Crippen molar-refractivity contribution in [2.75, 3.05) is 21.3 Å². The van der Waals surface area contributed by atoms with Gasteiger partial charge in [-0.2, -0.15) is 0 Å². The van der Waals surface area contributed by atoms with Gasteiger partial charge in [-0.1, -0.05) is 18.5 Å². The van der Waals surface area contributed by atoms with E-state index in [0.717, 1.165) is 4.57 Å². The van der Waals surface area contributed by atoms with Gasteiger partial charge in [0, 0.05) is 55.4 Å². The van der Waals surface area contributed by atoms with Crippen molar-refractivity contribution in [3.8, 4) is 34.3 Å². The molecule has 2 atom stereocenters. The first-order valence-electron chi connectivity index (χ1n) is 14.9. The molecule has 2 aromatic heterocycles. The van der Waals surface area contributed by atoms with Crippen LogP contribution in [-0.2, 0) is 38.3 Å². The number of nitrogens with zero attached hydrogens (tertiary/aromatic N) is 2. The number of ether oxygens (including phenoxy) is 4. The monoisotopic (exact) mass is 677 g/mol. The second-order valence-electron chi connectivity index (χ2n) is 11.7. The summed E-state index contributed by atoms with van der Waals surface area (Å²) in [5.74, 6) is -1.10. The summed E-state index contributed by atoms with van der Waals surface area (Å²) in [5.41, 5.74) is -1.92. The van der Waals surface area contributed by atoms with Gasteiger partial charge < -0.3 is 28.7 Å². The molecule has 3 heterocycles. The Bertz CT molecular complexity index is 2130. The molecule has 2 aromatic carbocycles. The van der Waals surface area contributed by atoms with E-state index >= 15 is 0 Å². The number of carbonyl (C=O) groups is 3. The second kappa shape index (κ2) is 12.1. The van der Waals surface area contributed by atoms with Crippen molar-refractivity contribution in [2.45, 2.75) is 31.9 Å². The molecule has 2 aliphatic rings. The molecule has 6 rings (SSSR count). The number of benzene rings is 2. The lowest BCUT2D eigenvalue weighted by molar-refractivity contribution is -0.120. The van der Waals surface area contributed by atoms with E-state index in [1.807, 2.05) is 0 Å². The zero-order valence-electron chi connectivity index (χ0n) is 27.0. The van der Waals surface area contributed by atoms with E-state index in [1.54, 1.807) is 31.2 Å². The van der Waals surface area contributed by atoms with Crippen LogP contribution in [0, 0.1) is 5.92 Å². The number of nitrogens with one attached hydrogen (secondary N) is 1. The zero-order chi connectivity index (χ0) is 34.7. The van der Waals surface area contributed by atoms with Crippen LogP contribution in [-0.4, -0.2) is 53.5 Å². The molecule has 1 aliphatic carbocycles. The third-order valence-corrected chi connectivity index (χ3v) is 9.39. The van der Waals surface area contributed by atoms with E-state index in [9.17, 15) is 24.0 Å². The number of hydrogen-bond acceptors (Lipinski definition) is 10. The average Bonchev–Trinajstić information content (AvgIpc) is 3.60. The van der Waals surface area contributed by atoms with Crippen molar-refractivity contribution in [2.24, 2.45) is 20.0 Å². The highest BCUT2D eigenvalue weighted by Gasteiger charge is 2.63. The number of amides is 1. The van der Waals surface area contributed by atoms with Crippen LogP contribution in [0.5, 0.6) is 23.0 Å². The van der Waals surface area contributed by atoms with E-state index in [2.05, 4.69) is 5.32 Å². The highest BCUT2D eigenvalue weighted by atomic mass is 35.5. The summed E-state index contributed by atoms with van der Waals surface area (Å²) in [5, 5.41) is 2.75. The molecule has 0 fully saturated rings. The van der Waals surface area contributed by atoms with Gasteiger partial charge in [-0.25, -0.2) is 4.79 Å². The molecule has 0 bridgehead atoms. The number of hydrogen-bond donors (Lipinski definition) is 1. The first-order chi connectivity index (χ1) is 22.9. The van der Waals surface area contributed by atoms with Crippen LogP contribution in [0.4, 0.5) is 0 Å². The molecule has 48 heavy (non-hydrogen) atoms. The number of halogens is 1. The smallest absolute Gasteiger partial charge is 0.330 e. The number of rotatable bonds is 8. The Morgan fingerprint density at radius 3 is 2.27 bits per heavy atom. The van der Waals surface area contributed by atoms with E-state index in [-0.39, 0.29) is 69.8 Å². The largest absolute Gasteiger partial charge is 0.497 e. The maximum atomic E-state index is 14.7. The zero-order valence-corrected chi connectivity index (χ0v) is 27.8. The van der Waals surface area contributed by atoms with Crippen molar-refractivity contribution in [1.82, 2.24) is 14.5 Å². The quantitative estimate of drug-likeness (QED) is 0.275. The maximum Gasteiger partial charge on any atom is 0.330 e. The lowest BCUT2D eigenvalue weighted by atomic mass is 9.70. The van der Waals surface area contributed by atoms with Crippen molar-refractivity contribution in [3.05, 3.63) is 90.4 Å². The number of furan rings is 1. The average molecular weight is 678 g/mol. The summed E-state index contributed by atoms with van der Waals surface area (Å²) >= 11 is 6.59. The molecule has 2 unspecified atom stereocenters. The molecular weight excluding hydrogens is 646 g/mol. The summed E-state index contributed by atoms with van der Waals surface area (Å²) in [6, 6.07) is 9.60. The summed E-state index contributed by atoms with van der Waals surface area (Å²) in [6.07, 6.45) is -0.216. The van der Waals surface area contributed by atoms with Crippen molar-refractivity contribution in [1.29, 1.82) is 0 Å². The van der Waals surface area contributed by atoms with Crippen molar-refractivity contribution in [3.63, 3.8) is 0 Å². The molecule has 13 nitrogen and oxygen atoms in total. The Kier molecular flexibility index (Phi) is 8.20. The second-order valence-corrected chi connectivity index (χ2v) is 12.0. The predicted molar refractivity (Wildman–Crippen MR) is 173 cm³/mol. The van der Waals surface area contributed by atoms with Gasteiger partial charge in [-0.15, -0.1) is 0 Å². The number of ketones is 2. The summed E-state index contributed by atoms with van der Waals surface area (Å²) in [4.78, 5) is 67.2. The van der Waals surface area contributed by atoms with Crippen LogP contribution >= 0.6 is 11.6 Å². The molecule has 0 saturated heterocycles. The molecule has 250 valence electrons. The van der Waals surface area contributed by atoms with Gasteiger partial charge in [-0.3, -0.25) is 28.3 Å². The lowest BCUT2D eigenvalue weighted by Crippen LogP contribution is -2.56. The van der Waals surface area contributed by atoms with Crippen LogP contribution in [0.15, 0.2) is 50.4 Å². The Morgan fingerprint density at radius 1 is 0.958 bits per heavy atom. The van der Waals surface area contributed by atoms with E-state index < -0.39 is 40.2 Å². The van der Waals surface area contributed by atoms with Crippen LogP contribution in [0.2, 0.25) is 5.02 Å². The number of carbonyl (C=O) groups excluding carboxylic acids is 3. The molecular formula is C34H32ClN3O10. The molecule has 1 N–H and O–H groups in total.